The van der Waals surface area contributed by atoms with Crippen LogP contribution in [-0.2, 0) is 12.4 Å². The Hall–Kier alpha value is -1.58. The van der Waals surface area contributed by atoms with E-state index in [0.29, 0.717) is 5.88 Å². The second-order valence-electron chi connectivity index (χ2n) is 4.77. The van der Waals surface area contributed by atoms with Gasteiger partial charge in [0.25, 0.3) is 0 Å². The summed E-state index contributed by atoms with van der Waals surface area (Å²) >= 11 is 7.70. The Labute approximate surface area is 127 Å². The van der Waals surface area contributed by atoms with Crippen LogP contribution in [0.2, 0.25) is 0 Å². The largest absolute Gasteiger partial charge is 0.370 e. The molecule has 3 rings (SSSR count). The average Bonchev–Trinajstić information content (AvgIpc) is 2.98. The summed E-state index contributed by atoms with van der Waals surface area (Å²) in [5, 5.41) is 5.46. The van der Waals surface area contributed by atoms with Gasteiger partial charge in [0.1, 0.15) is 0 Å². The van der Waals surface area contributed by atoms with E-state index in [1.54, 1.807) is 11.3 Å². The van der Waals surface area contributed by atoms with E-state index < -0.39 is 0 Å². The van der Waals surface area contributed by atoms with Gasteiger partial charge in [0.05, 0.1) is 17.1 Å². The molecule has 0 radical (unpaired) electrons. The SMILES string of the molecule is CN(Cc1ccsc1)c1cc(CCl)nc2ccccc12. The van der Waals surface area contributed by atoms with Crippen molar-refractivity contribution in [2.75, 3.05) is 11.9 Å². The first-order chi connectivity index (χ1) is 9.78. The first kappa shape index (κ1) is 13.4. The van der Waals surface area contributed by atoms with Crippen LogP contribution in [0.15, 0.2) is 47.2 Å². The van der Waals surface area contributed by atoms with Crippen molar-refractivity contribution in [2.24, 2.45) is 0 Å². The zero-order valence-electron chi connectivity index (χ0n) is 11.2. The number of nitrogens with zero attached hydrogens (tertiary/aromatic N) is 2. The lowest BCUT2D eigenvalue weighted by atomic mass is 10.1. The quantitative estimate of drug-likeness (QED) is 0.651. The molecule has 0 atom stereocenters. The Bertz CT molecular complexity index is 710. The molecular formula is C16H15ClN2S. The molecule has 2 aromatic heterocycles. The molecule has 0 N–H and O–H groups in total. The molecule has 0 saturated heterocycles. The molecule has 4 heteroatoms. The summed E-state index contributed by atoms with van der Waals surface area (Å²) < 4.78 is 0. The molecule has 0 fully saturated rings. The Balaban J connectivity index is 2.04. The van der Waals surface area contributed by atoms with Gasteiger partial charge in [0.15, 0.2) is 0 Å². The Kier molecular flexibility index (Phi) is 3.90. The molecule has 2 nitrogen and oxygen atoms in total. The first-order valence-corrected chi connectivity index (χ1v) is 7.92. The van der Waals surface area contributed by atoms with E-state index >= 15 is 0 Å². The fourth-order valence-corrected chi connectivity index (χ4v) is 3.13. The molecule has 1 aromatic carbocycles. The summed E-state index contributed by atoms with van der Waals surface area (Å²) in [5.74, 6) is 0.435. The van der Waals surface area contributed by atoms with E-state index in [-0.39, 0.29) is 0 Å². The number of benzene rings is 1. The lowest BCUT2D eigenvalue weighted by Crippen LogP contribution is -2.16. The van der Waals surface area contributed by atoms with Gasteiger partial charge in [-0.05, 0) is 34.5 Å². The van der Waals surface area contributed by atoms with E-state index in [4.69, 9.17) is 11.6 Å². The highest BCUT2D eigenvalue weighted by Crippen LogP contribution is 2.27. The number of rotatable bonds is 4. The molecule has 3 aromatic rings. The van der Waals surface area contributed by atoms with Crippen molar-refractivity contribution in [2.45, 2.75) is 12.4 Å². The minimum absolute atomic E-state index is 0.435. The van der Waals surface area contributed by atoms with Crippen molar-refractivity contribution in [1.82, 2.24) is 4.98 Å². The number of hydrogen-bond acceptors (Lipinski definition) is 3. The maximum atomic E-state index is 5.97. The van der Waals surface area contributed by atoms with E-state index in [0.717, 1.165) is 17.8 Å². The van der Waals surface area contributed by atoms with Crippen molar-refractivity contribution in [3.8, 4) is 0 Å². The van der Waals surface area contributed by atoms with Crippen molar-refractivity contribution in [3.05, 3.63) is 58.4 Å². The Morgan fingerprint density at radius 3 is 2.85 bits per heavy atom. The molecule has 0 aliphatic rings. The maximum absolute atomic E-state index is 5.97. The third-order valence-corrected chi connectivity index (χ3v) is 4.30. The number of anilines is 1. The van der Waals surface area contributed by atoms with Gasteiger partial charge >= 0.3 is 0 Å². The third-order valence-electron chi connectivity index (χ3n) is 3.30. The maximum Gasteiger partial charge on any atom is 0.0726 e. The van der Waals surface area contributed by atoms with Gasteiger partial charge in [-0.1, -0.05) is 18.2 Å². The number of alkyl halides is 1. The molecule has 2 heterocycles. The smallest absolute Gasteiger partial charge is 0.0726 e. The first-order valence-electron chi connectivity index (χ1n) is 6.45. The van der Waals surface area contributed by atoms with Gasteiger partial charge < -0.3 is 4.90 Å². The van der Waals surface area contributed by atoms with Crippen LogP contribution in [-0.4, -0.2) is 12.0 Å². The van der Waals surface area contributed by atoms with Gasteiger partial charge in [-0.15, -0.1) is 11.6 Å². The molecule has 20 heavy (non-hydrogen) atoms. The Morgan fingerprint density at radius 1 is 1.25 bits per heavy atom. The van der Waals surface area contributed by atoms with Crippen molar-refractivity contribution >= 4 is 39.5 Å². The number of fused-ring (bicyclic) bond motifs is 1. The highest BCUT2D eigenvalue weighted by Gasteiger charge is 2.10. The zero-order chi connectivity index (χ0) is 13.9. The van der Waals surface area contributed by atoms with Crippen molar-refractivity contribution < 1.29 is 0 Å². The molecule has 102 valence electrons. The van der Waals surface area contributed by atoms with Crippen LogP contribution in [0.1, 0.15) is 11.3 Å². The van der Waals surface area contributed by atoms with Crippen LogP contribution in [0.3, 0.4) is 0 Å². The molecule has 0 unspecified atom stereocenters. The molecule has 0 bridgehead atoms. The van der Waals surface area contributed by atoms with Crippen LogP contribution in [0.25, 0.3) is 10.9 Å². The lowest BCUT2D eigenvalue weighted by Gasteiger charge is -2.21. The van der Waals surface area contributed by atoms with Crippen molar-refractivity contribution in [1.29, 1.82) is 0 Å². The van der Waals surface area contributed by atoms with Crippen LogP contribution in [0, 0.1) is 0 Å². The number of para-hydroxylation sites is 1. The summed E-state index contributed by atoms with van der Waals surface area (Å²) in [6.45, 7) is 0.888. The monoisotopic (exact) mass is 302 g/mol. The average molecular weight is 303 g/mol. The molecule has 0 saturated carbocycles. The number of pyridine rings is 1. The van der Waals surface area contributed by atoms with Gasteiger partial charge in [-0.25, -0.2) is 0 Å². The fraction of sp³-hybridized carbons (Fsp3) is 0.188. The minimum Gasteiger partial charge on any atom is -0.370 e. The number of aromatic nitrogens is 1. The van der Waals surface area contributed by atoms with Crippen LogP contribution >= 0.6 is 22.9 Å². The summed E-state index contributed by atoms with van der Waals surface area (Å²) in [5.41, 5.74) is 4.42. The summed E-state index contributed by atoms with van der Waals surface area (Å²) in [6.07, 6.45) is 0. The van der Waals surface area contributed by atoms with Crippen molar-refractivity contribution in [3.63, 3.8) is 0 Å². The van der Waals surface area contributed by atoms with Crippen LogP contribution in [0.4, 0.5) is 5.69 Å². The van der Waals surface area contributed by atoms with E-state index in [1.807, 2.05) is 18.2 Å². The number of hydrogen-bond donors (Lipinski definition) is 0. The van der Waals surface area contributed by atoms with E-state index in [9.17, 15) is 0 Å². The second kappa shape index (κ2) is 5.81. The Morgan fingerprint density at radius 2 is 2.10 bits per heavy atom. The molecule has 0 aliphatic heterocycles. The predicted molar refractivity (Wildman–Crippen MR) is 87.7 cm³/mol. The van der Waals surface area contributed by atoms with Gasteiger partial charge in [0, 0.05) is 24.7 Å². The number of thiophene rings is 1. The number of halogens is 1. The predicted octanol–water partition coefficient (Wildman–Crippen LogP) is 4.67. The third kappa shape index (κ3) is 2.65. The lowest BCUT2D eigenvalue weighted by molar-refractivity contribution is 0.929. The second-order valence-corrected chi connectivity index (χ2v) is 5.82. The van der Waals surface area contributed by atoms with Gasteiger partial charge in [-0.2, -0.15) is 11.3 Å². The van der Waals surface area contributed by atoms with Gasteiger partial charge in [0.2, 0.25) is 0 Å². The molecule has 0 spiro atoms. The highest BCUT2D eigenvalue weighted by atomic mass is 35.5. The fourth-order valence-electron chi connectivity index (χ4n) is 2.34. The van der Waals surface area contributed by atoms with E-state index in [2.05, 4.69) is 45.9 Å². The molecular weight excluding hydrogens is 288 g/mol. The van der Waals surface area contributed by atoms with E-state index in [1.165, 1.54) is 16.6 Å². The van der Waals surface area contributed by atoms with Crippen LogP contribution in [0.5, 0.6) is 0 Å². The minimum atomic E-state index is 0.435. The van der Waals surface area contributed by atoms with Gasteiger partial charge in [-0.3, -0.25) is 4.98 Å². The van der Waals surface area contributed by atoms with Crippen LogP contribution < -0.4 is 4.90 Å². The summed E-state index contributed by atoms with van der Waals surface area (Å²) in [7, 11) is 2.11. The summed E-state index contributed by atoms with van der Waals surface area (Å²) in [4.78, 5) is 6.83. The topological polar surface area (TPSA) is 16.1 Å². The highest BCUT2D eigenvalue weighted by molar-refractivity contribution is 7.07. The zero-order valence-corrected chi connectivity index (χ0v) is 12.8. The summed E-state index contributed by atoms with van der Waals surface area (Å²) in [6, 6.07) is 12.4. The molecule has 0 aliphatic carbocycles. The standard InChI is InChI=1S/C16H15ClN2S/c1-19(10-12-6-7-20-11-12)16-8-13(9-17)18-15-5-3-2-4-14(15)16/h2-8,11H,9-10H2,1H3. The molecule has 0 amide bonds. The normalized spacial score (nSPS) is 10.9.